The highest BCUT2D eigenvalue weighted by molar-refractivity contribution is 5.84. The van der Waals surface area contributed by atoms with E-state index in [4.69, 9.17) is 4.74 Å². The van der Waals surface area contributed by atoms with E-state index in [2.05, 4.69) is 29.6 Å². The van der Waals surface area contributed by atoms with Crippen molar-refractivity contribution in [3.63, 3.8) is 0 Å². The van der Waals surface area contributed by atoms with Crippen molar-refractivity contribution < 1.29 is 14.3 Å². The number of hydrogen-bond donors (Lipinski definition) is 1. The normalized spacial score (nSPS) is 27.0. The third kappa shape index (κ3) is 4.63. The predicted molar refractivity (Wildman–Crippen MR) is 132 cm³/mol. The largest absolute Gasteiger partial charge is 0.446 e. The molecule has 4 heteroatoms. The fourth-order valence-electron chi connectivity index (χ4n) is 5.94. The first-order valence-corrected chi connectivity index (χ1v) is 12.2. The molecule has 0 aliphatic heterocycles. The minimum absolute atomic E-state index is 0.0153. The van der Waals surface area contributed by atoms with Gasteiger partial charge in [-0.2, -0.15) is 0 Å². The van der Waals surface area contributed by atoms with Crippen LogP contribution in [0.4, 0.5) is 4.79 Å². The summed E-state index contributed by atoms with van der Waals surface area (Å²) in [4.78, 5) is 26.3. The molecule has 2 bridgehead atoms. The minimum atomic E-state index is -0.393. The summed E-state index contributed by atoms with van der Waals surface area (Å²) >= 11 is 0. The van der Waals surface area contributed by atoms with Gasteiger partial charge < -0.3 is 10.1 Å². The second-order valence-electron chi connectivity index (χ2n) is 9.67. The number of fused-ring (bicyclic) bond motifs is 2. The molecule has 1 amide bonds. The molecule has 3 aromatic rings. The van der Waals surface area contributed by atoms with Gasteiger partial charge in [-0.15, -0.1) is 0 Å². The minimum Gasteiger partial charge on any atom is -0.446 e. The van der Waals surface area contributed by atoms with Gasteiger partial charge in [-0.25, -0.2) is 4.79 Å². The summed E-state index contributed by atoms with van der Waals surface area (Å²) in [6.07, 6.45) is 1.29. The highest BCUT2D eigenvalue weighted by atomic mass is 16.6. The fraction of sp³-hybridized carbons (Fsp3) is 0.333. The van der Waals surface area contributed by atoms with Crippen LogP contribution in [0.2, 0.25) is 0 Å². The molecule has 6 atom stereocenters. The van der Waals surface area contributed by atoms with Crippen LogP contribution in [0.25, 0.3) is 0 Å². The second-order valence-corrected chi connectivity index (χ2v) is 9.67. The first-order valence-electron chi connectivity index (χ1n) is 12.2. The molecule has 174 valence electrons. The van der Waals surface area contributed by atoms with Crippen LogP contribution in [0, 0.1) is 11.8 Å². The SMILES string of the molecule is C[C@@H](NC(=O)O[C@@H]1C[C@@H](c2ccccc2)[C@H]2C[C@@H]1[C@H](c1ccccc1)CC2=O)c1ccccc1. The van der Waals surface area contributed by atoms with Gasteiger partial charge in [-0.1, -0.05) is 91.0 Å². The maximum absolute atomic E-state index is 13.3. The number of alkyl carbamates (subject to hydrolysis) is 1. The maximum atomic E-state index is 13.3. The summed E-state index contributed by atoms with van der Waals surface area (Å²) in [5, 5.41) is 3.01. The molecule has 5 rings (SSSR count). The van der Waals surface area contributed by atoms with Gasteiger partial charge in [0, 0.05) is 18.3 Å². The van der Waals surface area contributed by atoms with E-state index in [0.29, 0.717) is 18.6 Å². The number of ketones is 1. The number of nitrogens with one attached hydrogen (secondary N) is 1. The smallest absolute Gasteiger partial charge is 0.407 e. The van der Waals surface area contributed by atoms with Gasteiger partial charge >= 0.3 is 6.09 Å². The highest BCUT2D eigenvalue weighted by Gasteiger charge is 2.50. The Balaban J connectivity index is 1.39. The summed E-state index contributed by atoms with van der Waals surface area (Å²) < 4.78 is 6.15. The molecule has 2 fully saturated rings. The van der Waals surface area contributed by atoms with Crippen molar-refractivity contribution in [1.29, 1.82) is 0 Å². The first kappa shape index (κ1) is 22.4. The van der Waals surface area contributed by atoms with Crippen LogP contribution in [-0.2, 0) is 9.53 Å². The summed E-state index contributed by atoms with van der Waals surface area (Å²) in [5.74, 6) is 0.595. The van der Waals surface area contributed by atoms with E-state index < -0.39 is 6.09 Å². The molecule has 2 aliphatic rings. The fourth-order valence-corrected chi connectivity index (χ4v) is 5.94. The third-order valence-electron chi connectivity index (χ3n) is 7.67. The van der Waals surface area contributed by atoms with Crippen LogP contribution in [0.3, 0.4) is 0 Å². The van der Waals surface area contributed by atoms with Crippen molar-refractivity contribution in [2.24, 2.45) is 11.8 Å². The standard InChI is InChI=1S/C30H31NO3/c1-20(21-11-5-2-6-12-21)31-30(33)34-29-19-25(23-15-9-4-10-16-23)26-17-27(29)24(18-28(26)32)22-13-7-3-8-14-22/h2-16,20,24-27,29H,17-19H2,1H3,(H,31,33)/t20-,24+,25+,26-,27-,29-/m1/s1. The Bertz CT molecular complexity index is 1080. The molecule has 0 radical (unpaired) electrons. The molecule has 3 aromatic carbocycles. The van der Waals surface area contributed by atoms with E-state index in [9.17, 15) is 9.59 Å². The molecule has 0 spiro atoms. The molecule has 34 heavy (non-hydrogen) atoms. The molecule has 0 aromatic heterocycles. The Morgan fingerprint density at radius 1 is 0.794 bits per heavy atom. The van der Waals surface area contributed by atoms with E-state index in [1.165, 1.54) is 0 Å². The van der Waals surface area contributed by atoms with Crippen molar-refractivity contribution in [2.45, 2.75) is 50.2 Å². The van der Waals surface area contributed by atoms with E-state index in [1.54, 1.807) is 0 Å². The van der Waals surface area contributed by atoms with Crippen molar-refractivity contribution in [2.75, 3.05) is 0 Å². The van der Waals surface area contributed by atoms with Crippen molar-refractivity contribution in [3.05, 3.63) is 108 Å². The number of carbonyl (C=O) groups excluding carboxylic acids is 2. The quantitative estimate of drug-likeness (QED) is 0.486. The van der Waals surface area contributed by atoms with Gasteiger partial charge in [0.15, 0.2) is 0 Å². The van der Waals surface area contributed by atoms with Crippen LogP contribution >= 0.6 is 0 Å². The van der Waals surface area contributed by atoms with Crippen LogP contribution in [0.5, 0.6) is 0 Å². The van der Waals surface area contributed by atoms with E-state index >= 15 is 0 Å². The summed E-state index contributed by atoms with van der Waals surface area (Å²) in [6, 6.07) is 30.2. The van der Waals surface area contributed by atoms with Gasteiger partial charge in [-0.3, -0.25) is 4.79 Å². The Morgan fingerprint density at radius 2 is 1.35 bits per heavy atom. The van der Waals surface area contributed by atoms with E-state index in [-0.39, 0.29) is 35.8 Å². The van der Waals surface area contributed by atoms with Gasteiger partial charge in [-0.05, 0) is 48.3 Å². The summed E-state index contributed by atoms with van der Waals surface area (Å²) in [5.41, 5.74) is 3.35. The number of rotatable bonds is 5. The predicted octanol–water partition coefficient (Wildman–Crippen LogP) is 6.41. The molecular formula is C30H31NO3. The number of hydrogen-bond acceptors (Lipinski definition) is 3. The van der Waals surface area contributed by atoms with Crippen molar-refractivity contribution in [1.82, 2.24) is 5.32 Å². The second kappa shape index (κ2) is 9.84. The van der Waals surface area contributed by atoms with Gasteiger partial charge in [0.1, 0.15) is 11.9 Å². The Hall–Kier alpha value is -3.40. The zero-order valence-electron chi connectivity index (χ0n) is 19.5. The van der Waals surface area contributed by atoms with E-state index in [1.807, 2.05) is 73.7 Å². The lowest BCUT2D eigenvalue weighted by Crippen LogP contribution is -2.48. The molecule has 0 unspecified atom stereocenters. The lowest BCUT2D eigenvalue weighted by molar-refractivity contribution is -0.132. The number of amides is 1. The summed E-state index contributed by atoms with van der Waals surface area (Å²) in [7, 11) is 0. The average molecular weight is 454 g/mol. The number of carbonyl (C=O) groups is 2. The topological polar surface area (TPSA) is 55.4 Å². The zero-order valence-corrected chi connectivity index (χ0v) is 19.5. The number of Topliss-reactive ketones (excluding diaryl/α,β-unsaturated/α-hetero) is 1. The monoisotopic (exact) mass is 453 g/mol. The number of ether oxygens (including phenoxy) is 1. The molecule has 1 N–H and O–H groups in total. The van der Waals surface area contributed by atoms with E-state index in [0.717, 1.165) is 23.1 Å². The van der Waals surface area contributed by atoms with Gasteiger partial charge in [0.2, 0.25) is 0 Å². The van der Waals surface area contributed by atoms with Crippen LogP contribution in [0.15, 0.2) is 91.0 Å². The zero-order chi connectivity index (χ0) is 23.5. The Kier molecular flexibility index (Phi) is 6.48. The van der Waals surface area contributed by atoms with Crippen LogP contribution in [-0.4, -0.2) is 18.0 Å². The summed E-state index contributed by atoms with van der Waals surface area (Å²) in [6.45, 7) is 1.96. The number of benzene rings is 3. The third-order valence-corrected chi connectivity index (χ3v) is 7.67. The molecule has 0 saturated heterocycles. The molecule has 4 nitrogen and oxygen atoms in total. The maximum Gasteiger partial charge on any atom is 0.407 e. The molecule has 2 saturated carbocycles. The molecule has 0 heterocycles. The highest BCUT2D eigenvalue weighted by Crippen LogP contribution is 2.52. The van der Waals surface area contributed by atoms with Crippen LogP contribution in [0.1, 0.15) is 60.8 Å². The van der Waals surface area contributed by atoms with Crippen LogP contribution < -0.4 is 5.32 Å². The van der Waals surface area contributed by atoms with Crippen molar-refractivity contribution >= 4 is 11.9 Å². The lowest BCUT2D eigenvalue weighted by atomic mass is 9.58. The lowest BCUT2D eigenvalue weighted by Gasteiger charge is -2.47. The molecule has 2 aliphatic carbocycles. The van der Waals surface area contributed by atoms with Gasteiger partial charge in [0.25, 0.3) is 0 Å². The Morgan fingerprint density at radius 3 is 1.97 bits per heavy atom. The average Bonchev–Trinajstić information content (AvgIpc) is 2.88. The molecular weight excluding hydrogens is 422 g/mol. The Labute approximate surface area is 201 Å². The first-order chi connectivity index (χ1) is 16.6. The van der Waals surface area contributed by atoms with Gasteiger partial charge in [0.05, 0.1) is 6.04 Å². The van der Waals surface area contributed by atoms with Crippen molar-refractivity contribution in [3.8, 4) is 0 Å².